The molecule has 2 rings (SSSR count). The molecule has 0 aromatic heterocycles. The van der Waals surface area contributed by atoms with E-state index in [1.165, 1.54) is 18.2 Å². The van der Waals surface area contributed by atoms with Gasteiger partial charge in [-0.15, -0.1) is 12.4 Å². The van der Waals surface area contributed by atoms with Gasteiger partial charge in [-0.1, -0.05) is 12.1 Å². The molecule has 20 heavy (non-hydrogen) atoms. The standard InChI is InChI=1S/C13H15F3N2O.ClH/c14-13(15,16)10-4-2-1-3-9(10)12(19)18-7-11(17)8-5-6-8;/h1-4,8,11H,5-7,17H2,(H,18,19);1H. The lowest BCUT2D eigenvalue weighted by Gasteiger charge is -2.15. The topological polar surface area (TPSA) is 55.1 Å². The van der Waals surface area contributed by atoms with Crippen LogP contribution in [0.5, 0.6) is 0 Å². The van der Waals surface area contributed by atoms with Crippen LogP contribution in [-0.2, 0) is 6.18 Å². The van der Waals surface area contributed by atoms with E-state index in [1.807, 2.05) is 0 Å². The zero-order valence-electron chi connectivity index (χ0n) is 10.6. The first kappa shape index (κ1) is 16.8. The third-order valence-corrected chi connectivity index (χ3v) is 3.20. The van der Waals surface area contributed by atoms with Crippen LogP contribution >= 0.6 is 12.4 Å². The van der Waals surface area contributed by atoms with Crippen LogP contribution in [0.15, 0.2) is 24.3 Å². The number of benzene rings is 1. The van der Waals surface area contributed by atoms with Gasteiger partial charge in [0.15, 0.2) is 0 Å². The molecule has 1 aromatic rings. The number of amides is 1. The molecule has 1 atom stereocenters. The molecule has 3 N–H and O–H groups in total. The Labute approximate surface area is 121 Å². The highest BCUT2D eigenvalue weighted by Crippen LogP contribution is 2.32. The lowest BCUT2D eigenvalue weighted by Crippen LogP contribution is -2.39. The van der Waals surface area contributed by atoms with E-state index in [1.54, 1.807) is 0 Å². The number of nitrogens with two attached hydrogens (primary N) is 1. The Morgan fingerprint density at radius 2 is 1.95 bits per heavy atom. The highest BCUT2D eigenvalue weighted by Gasteiger charge is 2.35. The van der Waals surface area contributed by atoms with Crippen LogP contribution in [0.2, 0.25) is 0 Å². The smallest absolute Gasteiger partial charge is 0.350 e. The number of carbonyl (C=O) groups is 1. The minimum absolute atomic E-state index is 0. The summed E-state index contributed by atoms with van der Waals surface area (Å²) in [7, 11) is 0. The van der Waals surface area contributed by atoms with E-state index in [2.05, 4.69) is 5.32 Å². The van der Waals surface area contributed by atoms with Crippen molar-refractivity contribution in [3.63, 3.8) is 0 Å². The summed E-state index contributed by atoms with van der Waals surface area (Å²) in [5.41, 5.74) is 4.51. The largest absolute Gasteiger partial charge is 0.417 e. The fourth-order valence-corrected chi connectivity index (χ4v) is 1.93. The van der Waals surface area contributed by atoms with Gasteiger partial charge in [0, 0.05) is 12.6 Å². The number of nitrogens with one attached hydrogen (secondary N) is 1. The second kappa shape index (κ2) is 6.45. The zero-order valence-corrected chi connectivity index (χ0v) is 11.4. The van der Waals surface area contributed by atoms with Crippen LogP contribution in [-0.4, -0.2) is 18.5 Å². The summed E-state index contributed by atoms with van der Waals surface area (Å²) >= 11 is 0. The fraction of sp³-hybridized carbons (Fsp3) is 0.462. The first-order valence-electron chi connectivity index (χ1n) is 6.09. The summed E-state index contributed by atoms with van der Waals surface area (Å²) in [6, 6.07) is 4.55. The lowest BCUT2D eigenvalue weighted by molar-refractivity contribution is -0.137. The van der Waals surface area contributed by atoms with Gasteiger partial charge in [0.1, 0.15) is 0 Å². The molecule has 3 nitrogen and oxygen atoms in total. The van der Waals surface area contributed by atoms with Gasteiger partial charge in [-0.3, -0.25) is 4.79 Å². The molecule has 112 valence electrons. The maximum Gasteiger partial charge on any atom is 0.417 e. The van der Waals surface area contributed by atoms with Gasteiger partial charge in [-0.2, -0.15) is 13.2 Å². The van der Waals surface area contributed by atoms with Crippen LogP contribution in [0.25, 0.3) is 0 Å². The van der Waals surface area contributed by atoms with Crippen molar-refractivity contribution in [3.05, 3.63) is 35.4 Å². The maximum atomic E-state index is 12.7. The Balaban J connectivity index is 0.00000200. The summed E-state index contributed by atoms with van der Waals surface area (Å²) in [6.45, 7) is 0.204. The highest BCUT2D eigenvalue weighted by molar-refractivity contribution is 5.95. The third-order valence-electron chi connectivity index (χ3n) is 3.20. The van der Waals surface area contributed by atoms with Crippen molar-refractivity contribution in [2.45, 2.75) is 25.1 Å². The van der Waals surface area contributed by atoms with E-state index in [0.29, 0.717) is 5.92 Å². The number of rotatable bonds is 4. The third kappa shape index (κ3) is 4.11. The van der Waals surface area contributed by atoms with E-state index in [9.17, 15) is 18.0 Å². The Bertz CT molecular complexity index is 475. The Hall–Kier alpha value is -1.27. The van der Waals surface area contributed by atoms with Crippen LogP contribution in [0.1, 0.15) is 28.8 Å². The Morgan fingerprint density at radius 3 is 2.50 bits per heavy atom. The Morgan fingerprint density at radius 1 is 1.35 bits per heavy atom. The lowest BCUT2D eigenvalue weighted by atomic mass is 10.1. The molecule has 1 fully saturated rings. The monoisotopic (exact) mass is 308 g/mol. The molecule has 1 aliphatic carbocycles. The molecular formula is C13H16ClF3N2O. The van der Waals surface area contributed by atoms with Gasteiger partial charge in [-0.25, -0.2) is 0 Å². The predicted molar refractivity (Wildman–Crippen MR) is 71.7 cm³/mol. The summed E-state index contributed by atoms with van der Waals surface area (Å²) in [5.74, 6) is -0.345. The molecule has 0 radical (unpaired) electrons. The average molecular weight is 309 g/mol. The van der Waals surface area contributed by atoms with Gasteiger partial charge in [-0.05, 0) is 30.9 Å². The molecule has 0 bridgehead atoms. The summed E-state index contributed by atoms with van der Waals surface area (Å²) < 4.78 is 38.2. The minimum atomic E-state index is -4.54. The number of hydrogen-bond acceptors (Lipinski definition) is 2. The van der Waals surface area contributed by atoms with E-state index >= 15 is 0 Å². The number of hydrogen-bond donors (Lipinski definition) is 2. The molecule has 1 aliphatic rings. The molecule has 1 aromatic carbocycles. The first-order valence-corrected chi connectivity index (χ1v) is 6.09. The number of halogens is 4. The molecule has 1 saturated carbocycles. The van der Waals surface area contributed by atoms with Crippen LogP contribution in [0.3, 0.4) is 0 Å². The molecule has 1 amide bonds. The molecule has 0 spiro atoms. The predicted octanol–water partition coefficient (Wildman–Crippen LogP) is 2.59. The Kier molecular flexibility index (Phi) is 5.42. The van der Waals surface area contributed by atoms with Crippen molar-refractivity contribution in [2.75, 3.05) is 6.54 Å². The van der Waals surface area contributed by atoms with Crippen molar-refractivity contribution >= 4 is 18.3 Å². The highest BCUT2D eigenvalue weighted by atomic mass is 35.5. The molecular weight excluding hydrogens is 293 g/mol. The van der Waals surface area contributed by atoms with Gasteiger partial charge >= 0.3 is 6.18 Å². The van der Waals surface area contributed by atoms with Crippen LogP contribution in [0.4, 0.5) is 13.2 Å². The van der Waals surface area contributed by atoms with Crippen LogP contribution in [0, 0.1) is 5.92 Å². The summed E-state index contributed by atoms with van der Waals surface area (Å²) in [6.07, 6.45) is -2.49. The minimum Gasteiger partial charge on any atom is -0.350 e. The average Bonchev–Trinajstić information content (AvgIpc) is 3.18. The van der Waals surface area contributed by atoms with Crippen molar-refractivity contribution < 1.29 is 18.0 Å². The summed E-state index contributed by atoms with van der Waals surface area (Å²) in [5, 5.41) is 2.47. The van der Waals surface area contributed by atoms with E-state index in [-0.39, 0.29) is 30.6 Å². The summed E-state index contributed by atoms with van der Waals surface area (Å²) in [4.78, 5) is 11.8. The second-order valence-corrected chi connectivity index (χ2v) is 4.75. The quantitative estimate of drug-likeness (QED) is 0.898. The van der Waals surface area contributed by atoms with Crippen molar-refractivity contribution in [2.24, 2.45) is 11.7 Å². The maximum absolute atomic E-state index is 12.7. The van der Waals surface area contributed by atoms with Gasteiger partial charge in [0.2, 0.25) is 0 Å². The van der Waals surface area contributed by atoms with Gasteiger partial charge in [0.25, 0.3) is 5.91 Å². The molecule has 0 saturated heterocycles. The first-order chi connectivity index (χ1) is 8.89. The normalized spacial score (nSPS) is 16.2. The SMILES string of the molecule is Cl.NC(CNC(=O)c1ccccc1C(F)(F)F)C1CC1. The van der Waals surface area contributed by atoms with E-state index < -0.39 is 17.6 Å². The van der Waals surface area contributed by atoms with Crippen molar-refractivity contribution in [3.8, 4) is 0 Å². The molecule has 7 heteroatoms. The molecule has 1 unspecified atom stereocenters. The van der Waals surface area contributed by atoms with Crippen molar-refractivity contribution in [1.82, 2.24) is 5.32 Å². The molecule has 0 aliphatic heterocycles. The fourth-order valence-electron chi connectivity index (χ4n) is 1.93. The van der Waals surface area contributed by atoms with Gasteiger partial charge < -0.3 is 11.1 Å². The van der Waals surface area contributed by atoms with Crippen molar-refractivity contribution in [1.29, 1.82) is 0 Å². The van der Waals surface area contributed by atoms with E-state index in [0.717, 1.165) is 18.9 Å². The number of carbonyl (C=O) groups excluding carboxylic acids is 1. The second-order valence-electron chi connectivity index (χ2n) is 4.75. The van der Waals surface area contributed by atoms with E-state index in [4.69, 9.17) is 5.73 Å². The molecule has 0 heterocycles. The zero-order chi connectivity index (χ0) is 14.0. The number of alkyl halides is 3. The van der Waals surface area contributed by atoms with Gasteiger partial charge in [0.05, 0.1) is 11.1 Å². The van der Waals surface area contributed by atoms with Crippen LogP contribution < -0.4 is 11.1 Å².